The topological polar surface area (TPSA) is 37.9 Å². The summed E-state index contributed by atoms with van der Waals surface area (Å²) in [6, 6.07) is 6.73. The molecule has 0 spiro atoms. The van der Waals surface area contributed by atoms with Crippen molar-refractivity contribution in [3.05, 3.63) is 52.7 Å². The van der Waals surface area contributed by atoms with E-state index in [2.05, 4.69) is 16.8 Å². The zero-order valence-corrected chi connectivity index (χ0v) is 9.01. The Hall–Kier alpha value is -1.19. The van der Waals surface area contributed by atoms with E-state index in [1.54, 1.807) is 30.5 Å². The number of halogens is 2. The van der Waals surface area contributed by atoms with Crippen molar-refractivity contribution in [3.8, 4) is 5.88 Å². The average molecular weight is 241 g/mol. The van der Waals surface area contributed by atoms with Gasteiger partial charge in [-0.2, -0.15) is 0 Å². The molecule has 0 saturated heterocycles. The SMILES string of the molecule is Clc1ccc([C]Oc2cc[nH]n2)c(Cl)c1. The molecule has 2 rings (SSSR count). The van der Waals surface area contributed by atoms with E-state index < -0.39 is 0 Å². The maximum Gasteiger partial charge on any atom is 0.234 e. The molecule has 3 nitrogen and oxygen atoms in total. The first kappa shape index (κ1) is 10.3. The minimum Gasteiger partial charge on any atom is -0.455 e. The van der Waals surface area contributed by atoms with E-state index in [0.717, 1.165) is 0 Å². The number of rotatable bonds is 3. The smallest absolute Gasteiger partial charge is 0.234 e. The summed E-state index contributed by atoms with van der Waals surface area (Å²) >= 11 is 11.7. The summed E-state index contributed by atoms with van der Waals surface area (Å²) in [4.78, 5) is 0. The van der Waals surface area contributed by atoms with Crippen LogP contribution >= 0.6 is 23.2 Å². The molecule has 0 atom stereocenters. The zero-order chi connectivity index (χ0) is 10.7. The van der Waals surface area contributed by atoms with Crippen molar-refractivity contribution in [3.63, 3.8) is 0 Å². The Labute approximate surface area is 97.0 Å². The van der Waals surface area contributed by atoms with Crippen LogP contribution in [0.4, 0.5) is 0 Å². The van der Waals surface area contributed by atoms with E-state index >= 15 is 0 Å². The van der Waals surface area contributed by atoms with E-state index in [-0.39, 0.29) is 0 Å². The summed E-state index contributed by atoms with van der Waals surface area (Å²) < 4.78 is 5.13. The number of benzene rings is 1. The van der Waals surface area contributed by atoms with Gasteiger partial charge in [0.1, 0.15) is 0 Å². The molecule has 0 aliphatic heterocycles. The molecule has 1 aromatic heterocycles. The molecule has 2 radical (unpaired) electrons. The number of hydrogen-bond acceptors (Lipinski definition) is 2. The van der Waals surface area contributed by atoms with Crippen LogP contribution in [0.25, 0.3) is 0 Å². The minimum atomic E-state index is 0.431. The molecular formula is C10H6Cl2N2O. The van der Waals surface area contributed by atoms with Crippen LogP contribution in [0.3, 0.4) is 0 Å². The summed E-state index contributed by atoms with van der Waals surface area (Å²) in [6.45, 7) is 2.67. The van der Waals surface area contributed by atoms with E-state index in [1.165, 1.54) is 0 Å². The molecule has 0 unspecified atom stereocenters. The molecule has 1 heterocycles. The first-order chi connectivity index (χ1) is 7.25. The standard InChI is InChI=1S/C10H6Cl2N2O/c11-8-2-1-7(9(12)5-8)6-15-10-3-4-13-14-10/h1-5H,(H,13,14). The van der Waals surface area contributed by atoms with Crippen LogP contribution < -0.4 is 4.74 Å². The maximum absolute atomic E-state index is 5.91. The van der Waals surface area contributed by atoms with Crippen molar-refractivity contribution in [2.75, 3.05) is 0 Å². The largest absolute Gasteiger partial charge is 0.455 e. The quantitative estimate of drug-likeness (QED) is 0.895. The molecule has 0 aliphatic rings. The molecule has 0 amide bonds. The molecule has 0 aliphatic carbocycles. The van der Waals surface area contributed by atoms with Crippen molar-refractivity contribution in [2.24, 2.45) is 0 Å². The summed E-state index contributed by atoms with van der Waals surface area (Å²) in [7, 11) is 0. The van der Waals surface area contributed by atoms with E-state index in [4.69, 9.17) is 27.9 Å². The number of nitrogens with one attached hydrogen (secondary N) is 1. The van der Waals surface area contributed by atoms with Gasteiger partial charge >= 0.3 is 0 Å². The van der Waals surface area contributed by atoms with Crippen molar-refractivity contribution < 1.29 is 4.74 Å². The summed E-state index contributed by atoms with van der Waals surface area (Å²) in [5.74, 6) is 0.431. The van der Waals surface area contributed by atoms with E-state index in [0.29, 0.717) is 21.5 Å². The van der Waals surface area contributed by atoms with Gasteiger partial charge in [-0.15, -0.1) is 5.10 Å². The highest BCUT2D eigenvalue weighted by molar-refractivity contribution is 6.35. The lowest BCUT2D eigenvalue weighted by Gasteiger charge is -2.02. The predicted molar refractivity (Wildman–Crippen MR) is 58.0 cm³/mol. The Morgan fingerprint density at radius 2 is 2.13 bits per heavy atom. The van der Waals surface area contributed by atoms with Gasteiger partial charge in [-0.25, -0.2) is 0 Å². The van der Waals surface area contributed by atoms with Gasteiger partial charge < -0.3 is 4.74 Å². The van der Waals surface area contributed by atoms with E-state index in [1.807, 2.05) is 0 Å². The molecule has 76 valence electrons. The summed E-state index contributed by atoms with van der Waals surface area (Å²) in [5, 5.41) is 7.48. The van der Waals surface area contributed by atoms with Crippen LogP contribution in [0.5, 0.6) is 5.88 Å². The number of hydrogen-bond donors (Lipinski definition) is 1. The number of aromatic nitrogens is 2. The highest BCUT2D eigenvalue weighted by Crippen LogP contribution is 2.22. The molecule has 1 N–H and O–H groups in total. The Bertz CT molecular complexity index is 443. The molecular weight excluding hydrogens is 235 g/mol. The third-order valence-corrected chi connectivity index (χ3v) is 2.22. The van der Waals surface area contributed by atoms with Gasteiger partial charge in [0.25, 0.3) is 0 Å². The lowest BCUT2D eigenvalue weighted by Crippen LogP contribution is -1.93. The molecule has 0 bridgehead atoms. The van der Waals surface area contributed by atoms with E-state index in [9.17, 15) is 0 Å². The second-order valence-corrected chi connectivity index (χ2v) is 3.58. The fraction of sp³-hybridized carbons (Fsp3) is 0. The fourth-order valence-electron chi connectivity index (χ4n) is 0.983. The monoisotopic (exact) mass is 240 g/mol. The van der Waals surface area contributed by atoms with Crippen molar-refractivity contribution in [2.45, 2.75) is 0 Å². The third kappa shape index (κ3) is 2.64. The van der Waals surface area contributed by atoms with Crippen LogP contribution in [0.2, 0.25) is 10.0 Å². The number of ether oxygens (including phenoxy) is 1. The lowest BCUT2D eigenvalue weighted by molar-refractivity contribution is 0.410. The molecule has 1 aromatic carbocycles. The van der Waals surface area contributed by atoms with Crippen LogP contribution in [0, 0.1) is 6.61 Å². The van der Waals surface area contributed by atoms with Gasteiger partial charge in [0.2, 0.25) is 12.5 Å². The Morgan fingerprint density at radius 1 is 1.27 bits per heavy atom. The van der Waals surface area contributed by atoms with Crippen molar-refractivity contribution in [1.82, 2.24) is 10.2 Å². The zero-order valence-electron chi connectivity index (χ0n) is 7.50. The van der Waals surface area contributed by atoms with Gasteiger partial charge in [-0.1, -0.05) is 29.3 Å². The second-order valence-electron chi connectivity index (χ2n) is 2.74. The lowest BCUT2D eigenvalue weighted by atomic mass is 10.2. The first-order valence-corrected chi connectivity index (χ1v) is 4.89. The van der Waals surface area contributed by atoms with Crippen LogP contribution in [-0.2, 0) is 0 Å². The van der Waals surface area contributed by atoms with Crippen molar-refractivity contribution in [1.29, 1.82) is 0 Å². The van der Waals surface area contributed by atoms with Crippen LogP contribution in [-0.4, -0.2) is 10.2 Å². The molecule has 2 aromatic rings. The minimum absolute atomic E-state index is 0.431. The molecule has 0 fully saturated rings. The first-order valence-electron chi connectivity index (χ1n) is 4.13. The Balaban J connectivity index is 2.05. The maximum atomic E-state index is 5.91. The predicted octanol–water partition coefficient (Wildman–Crippen LogP) is 3.18. The van der Waals surface area contributed by atoms with Gasteiger partial charge in [0, 0.05) is 27.9 Å². The summed E-state index contributed by atoms with van der Waals surface area (Å²) in [6.07, 6.45) is 1.65. The molecule has 15 heavy (non-hydrogen) atoms. The normalized spacial score (nSPS) is 10.3. The number of aromatic amines is 1. The highest BCUT2D eigenvalue weighted by Gasteiger charge is 2.05. The van der Waals surface area contributed by atoms with Crippen molar-refractivity contribution >= 4 is 23.2 Å². The summed E-state index contributed by atoms with van der Waals surface area (Å²) in [5.41, 5.74) is 0.629. The van der Waals surface area contributed by atoms with Gasteiger partial charge in [0.05, 0.1) is 0 Å². The van der Waals surface area contributed by atoms with Crippen LogP contribution in [0.1, 0.15) is 5.56 Å². The Kier molecular flexibility index (Phi) is 3.14. The van der Waals surface area contributed by atoms with Gasteiger partial charge in [0.15, 0.2) is 0 Å². The second kappa shape index (κ2) is 4.55. The Morgan fingerprint density at radius 3 is 2.80 bits per heavy atom. The van der Waals surface area contributed by atoms with Gasteiger partial charge in [-0.05, 0) is 12.1 Å². The number of H-pyrrole nitrogens is 1. The molecule has 5 heteroatoms. The number of nitrogens with zero attached hydrogens (tertiary/aromatic N) is 1. The fourth-order valence-corrected chi connectivity index (χ4v) is 1.43. The molecule has 0 saturated carbocycles. The van der Waals surface area contributed by atoms with Gasteiger partial charge in [-0.3, -0.25) is 5.10 Å². The third-order valence-electron chi connectivity index (χ3n) is 1.67. The highest BCUT2D eigenvalue weighted by atomic mass is 35.5. The average Bonchev–Trinajstić information content (AvgIpc) is 2.69. The van der Waals surface area contributed by atoms with Crippen LogP contribution in [0.15, 0.2) is 30.5 Å².